The van der Waals surface area contributed by atoms with Crippen LogP contribution in [0.1, 0.15) is 24.9 Å². The first kappa shape index (κ1) is 13.8. The standard InChI is InChI=1S/C14H21BrN2O/c1-3-13(17-8-6-16-7-9-17)12-10-11(15)4-5-14(12)18-2/h4-5,10,13,16H,3,6-9H2,1-2H3. The van der Waals surface area contributed by atoms with Gasteiger partial charge in [0.05, 0.1) is 7.11 Å². The molecule has 1 atom stereocenters. The minimum Gasteiger partial charge on any atom is -0.496 e. The van der Waals surface area contributed by atoms with Crippen molar-refractivity contribution in [2.24, 2.45) is 0 Å². The van der Waals surface area contributed by atoms with Crippen LogP contribution in [0.4, 0.5) is 0 Å². The Morgan fingerprint density at radius 2 is 2.11 bits per heavy atom. The van der Waals surface area contributed by atoms with Crippen molar-refractivity contribution in [3.8, 4) is 5.75 Å². The van der Waals surface area contributed by atoms with Crippen LogP contribution >= 0.6 is 15.9 Å². The van der Waals surface area contributed by atoms with Gasteiger partial charge >= 0.3 is 0 Å². The molecule has 1 aliphatic rings. The van der Waals surface area contributed by atoms with Gasteiger partial charge < -0.3 is 10.1 Å². The number of hydrogen-bond donors (Lipinski definition) is 1. The van der Waals surface area contributed by atoms with Gasteiger partial charge in [-0.3, -0.25) is 4.90 Å². The van der Waals surface area contributed by atoms with Gasteiger partial charge in [-0.1, -0.05) is 22.9 Å². The van der Waals surface area contributed by atoms with Crippen molar-refractivity contribution in [3.63, 3.8) is 0 Å². The highest BCUT2D eigenvalue weighted by Crippen LogP contribution is 2.34. The Hall–Kier alpha value is -0.580. The van der Waals surface area contributed by atoms with Crippen LogP contribution in [-0.2, 0) is 0 Å². The van der Waals surface area contributed by atoms with E-state index < -0.39 is 0 Å². The van der Waals surface area contributed by atoms with Crippen molar-refractivity contribution in [1.29, 1.82) is 0 Å². The minimum absolute atomic E-state index is 0.444. The summed E-state index contributed by atoms with van der Waals surface area (Å²) in [7, 11) is 1.75. The average Bonchev–Trinajstić information content (AvgIpc) is 2.41. The van der Waals surface area contributed by atoms with Crippen LogP contribution < -0.4 is 10.1 Å². The highest BCUT2D eigenvalue weighted by atomic mass is 79.9. The van der Waals surface area contributed by atoms with Gasteiger partial charge in [-0.2, -0.15) is 0 Å². The van der Waals surface area contributed by atoms with Crippen molar-refractivity contribution in [1.82, 2.24) is 10.2 Å². The molecule has 0 spiro atoms. The molecule has 100 valence electrons. The first-order chi connectivity index (χ1) is 8.76. The Kier molecular flexibility index (Phi) is 5.03. The van der Waals surface area contributed by atoms with Gasteiger partial charge in [0.2, 0.25) is 0 Å². The van der Waals surface area contributed by atoms with Gasteiger partial charge in [0.15, 0.2) is 0 Å². The zero-order valence-corrected chi connectivity index (χ0v) is 12.7. The Balaban J connectivity index is 2.27. The number of rotatable bonds is 4. The maximum Gasteiger partial charge on any atom is 0.123 e. The molecule has 1 fully saturated rings. The molecule has 0 saturated carbocycles. The maximum atomic E-state index is 5.51. The molecular weight excluding hydrogens is 292 g/mol. The first-order valence-corrected chi connectivity index (χ1v) is 7.33. The molecule has 0 aromatic heterocycles. The average molecular weight is 313 g/mol. The van der Waals surface area contributed by atoms with Gasteiger partial charge in [-0.05, 0) is 24.6 Å². The van der Waals surface area contributed by atoms with Gasteiger partial charge in [-0.15, -0.1) is 0 Å². The molecule has 3 nitrogen and oxygen atoms in total. The molecule has 18 heavy (non-hydrogen) atoms. The summed E-state index contributed by atoms with van der Waals surface area (Å²) < 4.78 is 6.63. The molecule has 1 heterocycles. The largest absolute Gasteiger partial charge is 0.496 e. The molecule has 1 unspecified atom stereocenters. The van der Waals surface area contributed by atoms with E-state index in [4.69, 9.17) is 4.74 Å². The lowest BCUT2D eigenvalue weighted by Crippen LogP contribution is -2.45. The molecule has 0 radical (unpaired) electrons. The number of methoxy groups -OCH3 is 1. The molecule has 0 aliphatic carbocycles. The Bertz CT molecular complexity index is 391. The summed E-state index contributed by atoms with van der Waals surface area (Å²) in [6.07, 6.45) is 1.10. The summed E-state index contributed by atoms with van der Waals surface area (Å²) in [5.74, 6) is 0.989. The predicted molar refractivity (Wildman–Crippen MR) is 78.2 cm³/mol. The van der Waals surface area contributed by atoms with Gasteiger partial charge in [0.1, 0.15) is 5.75 Å². The van der Waals surface area contributed by atoms with Crippen molar-refractivity contribution < 1.29 is 4.74 Å². The summed E-state index contributed by atoms with van der Waals surface area (Å²) in [6, 6.07) is 6.71. The van der Waals surface area contributed by atoms with E-state index in [1.54, 1.807) is 7.11 Å². The highest BCUT2D eigenvalue weighted by Gasteiger charge is 2.23. The number of nitrogens with one attached hydrogen (secondary N) is 1. The summed E-state index contributed by atoms with van der Waals surface area (Å²) in [5.41, 5.74) is 1.29. The third-order valence-electron chi connectivity index (χ3n) is 3.53. The number of nitrogens with zero attached hydrogens (tertiary/aromatic N) is 1. The van der Waals surface area contributed by atoms with E-state index in [1.165, 1.54) is 5.56 Å². The fourth-order valence-electron chi connectivity index (χ4n) is 2.63. The fourth-order valence-corrected chi connectivity index (χ4v) is 3.01. The molecule has 1 N–H and O–H groups in total. The van der Waals surface area contributed by atoms with E-state index in [2.05, 4.69) is 39.1 Å². The molecule has 1 saturated heterocycles. The zero-order valence-electron chi connectivity index (χ0n) is 11.1. The zero-order chi connectivity index (χ0) is 13.0. The second kappa shape index (κ2) is 6.55. The van der Waals surface area contributed by atoms with E-state index in [0.29, 0.717) is 6.04 Å². The second-order valence-electron chi connectivity index (χ2n) is 4.60. The third-order valence-corrected chi connectivity index (χ3v) is 4.02. The smallest absolute Gasteiger partial charge is 0.123 e. The van der Waals surface area contributed by atoms with Crippen LogP contribution in [0.2, 0.25) is 0 Å². The van der Waals surface area contributed by atoms with Gasteiger partial charge in [-0.25, -0.2) is 0 Å². The van der Waals surface area contributed by atoms with Crippen molar-refractivity contribution in [3.05, 3.63) is 28.2 Å². The minimum atomic E-state index is 0.444. The lowest BCUT2D eigenvalue weighted by atomic mass is 10.0. The Morgan fingerprint density at radius 1 is 1.39 bits per heavy atom. The van der Waals surface area contributed by atoms with Gasteiger partial charge in [0, 0.05) is 42.3 Å². The summed E-state index contributed by atoms with van der Waals surface area (Å²) in [4.78, 5) is 2.54. The van der Waals surface area contributed by atoms with E-state index in [-0.39, 0.29) is 0 Å². The van der Waals surface area contributed by atoms with E-state index in [0.717, 1.165) is 42.8 Å². The van der Waals surface area contributed by atoms with Gasteiger partial charge in [0.25, 0.3) is 0 Å². The quantitative estimate of drug-likeness (QED) is 0.925. The molecule has 0 bridgehead atoms. The molecule has 4 heteroatoms. The van der Waals surface area contributed by atoms with Crippen molar-refractivity contribution in [2.75, 3.05) is 33.3 Å². The lowest BCUT2D eigenvalue weighted by Gasteiger charge is -2.35. The first-order valence-electron chi connectivity index (χ1n) is 6.54. The lowest BCUT2D eigenvalue weighted by molar-refractivity contribution is 0.166. The van der Waals surface area contributed by atoms with Crippen molar-refractivity contribution >= 4 is 15.9 Å². The Labute approximate surface area is 118 Å². The number of halogens is 1. The van der Waals surface area contributed by atoms with E-state index in [1.807, 2.05) is 12.1 Å². The number of piperazine rings is 1. The summed E-state index contributed by atoms with van der Waals surface area (Å²) in [5, 5.41) is 3.40. The van der Waals surface area contributed by atoms with Crippen LogP contribution in [0, 0.1) is 0 Å². The molecular formula is C14H21BrN2O. The SMILES string of the molecule is CCC(c1cc(Br)ccc1OC)N1CCNCC1. The molecule has 1 aliphatic heterocycles. The second-order valence-corrected chi connectivity index (χ2v) is 5.51. The normalized spacial score (nSPS) is 18.6. The summed E-state index contributed by atoms with van der Waals surface area (Å²) in [6.45, 7) is 6.61. The van der Waals surface area contributed by atoms with Crippen LogP contribution in [0.15, 0.2) is 22.7 Å². The van der Waals surface area contributed by atoms with E-state index in [9.17, 15) is 0 Å². The van der Waals surface area contributed by atoms with Crippen LogP contribution in [0.5, 0.6) is 5.75 Å². The summed E-state index contributed by atoms with van der Waals surface area (Å²) >= 11 is 3.56. The Morgan fingerprint density at radius 3 is 2.72 bits per heavy atom. The fraction of sp³-hybridized carbons (Fsp3) is 0.571. The van der Waals surface area contributed by atoms with Crippen molar-refractivity contribution in [2.45, 2.75) is 19.4 Å². The van der Waals surface area contributed by atoms with Crippen LogP contribution in [0.25, 0.3) is 0 Å². The van der Waals surface area contributed by atoms with Crippen LogP contribution in [0.3, 0.4) is 0 Å². The molecule has 0 amide bonds. The molecule has 1 aromatic rings. The highest BCUT2D eigenvalue weighted by molar-refractivity contribution is 9.10. The monoisotopic (exact) mass is 312 g/mol. The number of ether oxygens (including phenoxy) is 1. The number of hydrogen-bond acceptors (Lipinski definition) is 3. The topological polar surface area (TPSA) is 24.5 Å². The molecule has 2 rings (SSSR count). The third kappa shape index (κ3) is 3.05. The van der Waals surface area contributed by atoms with E-state index >= 15 is 0 Å². The predicted octanol–water partition coefficient (Wildman–Crippen LogP) is 2.81. The maximum absolute atomic E-state index is 5.51. The number of benzene rings is 1. The van der Waals surface area contributed by atoms with Crippen LogP contribution in [-0.4, -0.2) is 38.2 Å². The molecule has 1 aromatic carbocycles.